The third kappa shape index (κ3) is 3.85. The van der Waals surface area contributed by atoms with Crippen molar-refractivity contribution >= 4 is 23.2 Å². The van der Waals surface area contributed by atoms with E-state index in [1.165, 1.54) is 10.5 Å². The highest BCUT2D eigenvalue weighted by atomic mass is 32.2. The average molecular weight is 343 g/mol. The first kappa shape index (κ1) is 16.7. The molecular formula is C17H21N5OS. The van der Waals surface area contributed by atoms with Crippen molar-refractivity contribution in [1.29, 1.82) is 0 Å². The summed E-state index contributed by atoms with van der Waals surface area (Å²) >= 11 is 1.80. The summed E-state index contributed by atoms with van der Waals surface area (Å²) in [5.74, 6) is 2.54. The Bertz CT molecular complexity index is 802. The lowest BCUT2D eigenvalue weighted by Gasteiger charge is -2.15. The van der Waals surface area contributed by atoms with E-state index in [0.29, 0.717) is 0 Å². The fourth-order valence-corrected chi connectivity index (χ4v) is 3.19. The van der Waals surface area contributed by atoms with Crippen LogP contribution in [0.15, 0.2) is 41.3 Å². The summed E-state index contributed by atoms with van der Waals surface area (Å²) in [5.41, 5.74) is 1.97. The maximum atomic E-state index is 5.08. The molecule has 0 spiro atoms. The molecule has 7 heteroatoms. The third-order valence-electron chi connectivity index (χ3n) is 3.72. The van der Waals surface area contributed by atoms with Crippen molar-refractivity contribution in [3.63, 3.8) is 0 Å². The number of thioether (sulfide) groups is 1. The van der Waals surface area contributed by atoms with Gasteiger partial charge in [-0.1, -0.05) is 12.1 Å². The Balaban J connectivity index is 1.66. The number of fused-ring (bicyclic) bond motifs is 1. The molecule has 0 aliphatic rings. The van der Waals surface area contributed by atoms with E-state index in [4.69, 9.17) is 4.74 Å². The molecule has 1 atom stereocenters. The number of hydrogen-bond acceptors (Lipinski definition) is 6. The van der Waals surface area contributed by atoms with Gasteiger partial charge in [-0.2, -0.15) is 4.52 Å². The minimum Gasteiger partial charge on any atom is -0.384 e. The highest BCUT2D eigenvalue weighted by Crippen LogP contribution is 2.23. The molecule has 2 heterocycles. The number of hydrogen-bond donors (Lipinski definition) is 1. The summed E-state index contributed by atoms with van der Waals surface area (Å²) in [7, 11) is 1.73. The zero-order chi connectivity index (χ0) is 16.9. The van der Waals surface area contributed by atoms with E-state index in [0.717, 1.165) is 29.6 Å². The van der Waals surface area contributed by atoms with Crippen molar-refractivity contribution in [2.45, 2.75) is 24.8 Å². The number of benzene rings is 1. The van der Waals surface area contributed by atoms with E-state index in [1.54, 1.807) is 23.4 Å². The summed E-state index contributed by atoms with van der Waals surface area (Å²) < 4.78 is 6.82. The van der Waals surface area contributed by atoms with Gasteiger partial charge in [0, 0.05) is 23.8 Å². The zero-order valence-corrected chi connectivity index (χ0v) is 14.9. The van der Waals surface area contributed by atoms with Crippen molar-refractivity contribution in [1.82, 2.24) is 19.8 Å². The van der Waals surface area contributed by atoms with Gasteiger partial charge in [-0.15, -0.1) is 27.1 Å². The molecule has 0 unspecified atom stereocenters. The van der Waals surface area contributed by atoms with Gasteiger partial charge in [0.15, 0.2) is 11.5 Å². The molecule has 0 amide bonds. The van der Waals surface area contributed by atoms with Gasteiger partial charge >= 0.3 is 0 Å². The number of ether oxygens (including phenoxy) is 1. The van der Waals surface area contributed by atoms with Crippen molar-refractivity contribution in [3.8, 4) is 0 Å². The van der Waals surface area contributed by atoms with Crippen LogP contribution in [0.4, 0.5) is 5.82 Å². The largest absolute Gasteiger partial charge is 0.384 e. The van der Waals surface area contributed by atoms with E-state index >= 15 is 0 Å². The maximum absolute atomic E-state index is 5.08. The van der Waals surface area contributed by atoms with Gasteiger partial charge in [0.2, 0.25) is 0 Å². The fourth-order valence-electron chi connectivity index (χ4n) is 2.37. The molecule has 0 saturated heterocycles. The molecular weight excluding hydrogens is 322 g/mol. The zero-order valence-electron chi connectivity index (χ0n) is 14.1. The fraction of sp³-hybridized carbons (Fsp3) is 0.353. The maximum Gasteiger partial charge on any atom is 0.178 e. The molecule has 1 aromatic carbocycles. The molecule has 24 heavy (non-hydrogen) atoms. The summed E-state index contributed by atoms with van der Waals surface area (Å²) in [6.07, 6.45) is 0. The van der Waals surface area contributed by atoms with Crippen molar-refractivity contribution in [3.05, 3.63) is 47.8 Å². The van der Waals surface area contributed by atoms with Crippen LogP contribution in [-0.2, 0) is 4.74 Å². The van der Waals surface area contributed by atoms with Gasteiger partial charge in [-0.05, 0) is 43.7 Å². The molecule has 0 saturated carbocycles. The van der Waals surface area contributed by atoms with E-state index in [2.05, 4.69) is 51.8 Å². The number of aryl methyl sites for hydroxylation is 1. The third-order valence-corrected chi connectivity index (χ3v) is 4.70. The van der Waals surface area contributed by atoms with Crippen LogP contribution >= 0.6 is 11.8 Å². The minimum atomic E-state index is 0.157. The topological polar surface area (TPSA) is 64.3 Å². The first-order chi connectivity index (χ1) is 11.7. The lowest BCUT2D eigenvalue weighted by atomic mass is 10.1. The SMILES string of the molecule is COCCSc1ccc([C@@H](C)Nc2ccc3nnc(C)n3n2)cc1. The molecule has 6 nitrogen and oxygen atoms in total. The Hall–Kier alpha value is -2.12. The van der Waals surface area contributed by atoms with E-state index in [1.807, 2.05) is 19.1 Å². The van der Waals surface area contributed by atoms with Crippen LogP contribution in [0.1, 0.15) is 24.4 Å². The second kappa shape index (κ2) is 7.63. The molecule has 0 fully saturated rings. The normalized spacial score (nSPS) is 12.5. The first-order valence-corrected chi connectivity index (χ1v) is 8.83. The minimum absolute atomic E-state index is 0.157. The number of methoxy groups -OCH3 is 1. The van der Waals surface area contributed by atoms with E-state index in [9.17, 15) is 0 Å². The van der Waals surface area contributed by atoms with E-state index in [-0.39, 0.29) is 6.04 Å². The summed E-state index contributed by atoms with van der Waals surface area (Å²) in [6, 6.07) is 12.6. The Kier molecular flexibility index (Phi) is 5.32. The Morgan fingerprint density at radius 2 is 1.96 bits per heavy atom. The first-order valence-electron chi connectivity index (χ1n) is 7.84. The molecule has 3 rings (SSSR count). The van der Waals surface area contributed by atoms with Crippen molar-refractivity contribution < 1.29 is 4.74 Å². The van der Waals surface area contributed by atoms with Gasteiger partial charge < -0.3 is 10.1 Å². The predicted octanol–water partition coefficient (Wildman–Crippen LogP) is 3.34. The van der Waals surface area contributed by atoms with Crippen LogP contribution in [0.2, 0.25) is 0 Å². The molecule has 0 aliphatic carbocycles. The van der Waals surface area contributed by atoms with Gasteiger partial charge in [0.05, 0.1) is 6.61 Å². The number of nitrogens with one attached hydrogen (secondary N) is 1. The quantitative estimate of drug-likeness (QED) is 0.524. The Morgan fingerprint density at radius 1 is 1.17 bits per heavy atom. The molecule has 0 bridgehead atoms. The monoisotopic (exact) mass is 343 g/mol. The van der Waals surface area contributed by atoms with Gasteiger partial charge in [-0.25, -0.2) is 0 Å². The number of nitrogens with zero attached hydrogens (tertiary/aromatic N) is 4. The van der Waals surface area contributed by atoms with Crippen LogP contribution < -0.4 is 5.32 Å². The molecule has 0 aliphatic heterocycles. The highest BCUT2D eigenvalue weighted by molar-refractivity contribution is 7.99. The summed E-state index contributed by atoms with van der Waals surface area (Å²) in [5, 5.41) is 16.0. The second-order valence-corrected chi connectivity index (χ2v) is 6.68. The highest BCUT2D eigenvalue weighted by Gasteiger charge is 2.08. The summed E-state index contributed by atoms with van der Waals surface area (Å²) in [6.45, 7) is 4.78. The molecule has 1 N–H and O–H groups in total. The molecule has 3 aromatic rings. The van der Waals surface area contributed by atoms with Crippen molar-refractivity contribution in [2.75, 3.05) is 24.8 Å². The van der Waals surface area contributed by atoms with E-state index < -0.39 is 0 Å². The molecule has 0 radical (unpaired) electrons. The lowest BCUT2D eigenvalue weighted by molar-refractivity contribution is 0.218. The second-order valence-electron chi connectivity index (χ2n) is 5.51. The van der Waals surface area contributed by atoms with Crippen LogP contribution in [-0.4, -0.2) is 39.3 Å². The smallest absolute Gasteiger partial charge is 0.178 e. The number of rotatable bonds is 7. The average Bonchev–Trinajstić information content (AvgIpc) is 2.96. The van der Waals surface area contributed by atoms with Gasteiger partial charge in [0.1, 0.15) is 5.82 Å². The molecule has 126 valence electrons. The lowest BCUT2D eigenvalue weighted by Crippen LogP contribution is -2.09. The summed E-state index contributed by atoms with van der Waals surface area (Å²) in [4.78, 5) is 1.25. The van der Waals surface area contributed by atoms with Crippen LogP contribution in [0.25, 0.3) is 5.65 Å². The van der Waals surface area contributed by atoms with Crippen molar-refractivity contribution in [2.24, 2.45) is 0 Å². The predicted molar refractivity (Wildman–Crippen MR) is 96.6 cm³/mol. The number of anilines is 1. The Morgan fingerprint density at radius 3 is 2.71 bits per heavy atom. The van der Waals surface area contributed by atoms with Crippen LogP contribution in [0.3, 0.4) is 0 Å². The van der Waals surface area contributed by atoms with Crippen LogP contribution in [0.5, 0.6) is 0 Å². The Labute approximate surface area is 145 Å². The molecule has 2 aromatic heterocycles. The number of aromatic nitrogens is 4. The standard InChI is InChI=1S/C17H21N5OS/c1-12(14-4-6-15(7-5-14)24-11-10-23-3)18-16-8-9-17-20-19-13(2)22(17)21-16/h4-9,12H,10-11H2,1-3H3,(H,18,21)/t12-/m1/s1. The van der Waals surface area contributed by atoms with Gasteiger partial charge in [-0.3, -0.25) is 0 Å². The van der Waals surface area contributed by atoms with Crippen LogP contribution in [0, 0.1) is 6.92 Å². The van der Waals surface area contributed by atoms with Gasteiger partial charge in [0.25, 0.3) is 0 Å².